The Bertz CT molecular complexity index is 933. The monoisotopic (exact) mass is 479 g/mol. The molecule has 32 heavy (non-hydrogen) atoms. The zero-order chi connectivity index (χ0) is 24.2. The number of halogens is 2. The third-order valence-corrected chi connectivity index (χ3v) is 5.78. The normalized spacial score (nSPS) is 13.4. The standard InChI is InChI=1S/C25H31Cl2NO4/c1-14-8-10-18(12-20(14)26)22(19-11-9-15(2)21(27)13-19)17(4)31-23(29)16(3)28-24(30)32-25(5,6)7/h8-13,16-17,22H,1-7H3,(H,28,30)/t16-,17-/m0/s1. The van der Waals surface area contributed by atoms with Gasteiger partial charge in [0, 0.05) is 16.0 Å². The molecule has 0 aromatic heterocycles. The Morgan fingerprint density at radius 2 is 1.38 bits per heavy atom. The third kappa shape index (κ3) is 7.14. The minimum atomic E-state index is -0.879. The average molecular weight is 480 g/mol. The molecule has 0 fully saturated rings. The Balaban J connectivity index is 2.27. The number of hydrogen-bond donors (Lipinski definition) is 1. The molecule has 7 heteroatoms. The number of benzene rings is 2. The van der Waals surface area contributed by atoms with Gasteiger partial charge in [0.15, 0.2) is 0 Å². The summed E-state index contributed by atoms with van der Waals surface area (Å²) in [5.74, 6) is -0.867. The summed E-state index contributed by atoms with van der Waals surface area (Å²) in [4.78, 5) is 24.7. The second-order valence-electron chi connectivity index (χ2n) is 9.00. The van der Waals surface area contributed by atoms with Crippen LogP contribution in [-0.2, 0) is 14.3 Å². The van der Waals surface area contributed by atoms with E-state index in [4.69, 9.17) is 32.7 Å². The molecule has 0 unspecified atom stereocenters. The van der Waals surface area contributed by atoms with Gasteiger partial charge in [-0.15, -0.1) is 0 Å². The number of rotatable bonds is 6. The molecule has 0 spiro atoms. The van der Waals surface area contributed by atoms with Crippen molar-refractivity contribution in [2.45, 2.75) is 72.1 Å². The van der Waals surface area contributed by atoms with Crippen molar-refractivity contribution in [2.75, 3.05) is 0 Å². The van der Waals surface area contributed by atoms with Crippen LogP contribution in [0.4, 0.5) is 4.79 Å². The Hall–Kier alpha value is -2.24. The number of hydrogen-bond acceptors (Lipinski definition) is 4. The van der Waals surface area contributed by atoms with Gasteiger partial charge in [0.2, 0.25) is 0 Å². The fraction of sp³-hybridized carbons (Fsp3) is 0.440. The van der Waals surface area contributed by atoms with E-state index < -0.39 is 29.8 Å². The lowest BCUT2D eigenvalue weighted by Crippen LogP contribution is -2.43. The van der Waals surface area contributed by atoms with E-state index in [1.807, 2.05) is 57.2 Å². The largest absolute Gasteiger partial charge is 0.460 e. The third-order valence-electron chi connectivity index (χ3n) is 4.97. The number of aryl methyl sites for hydroxylation is 2. The summed E-state index contributed by atoms with van der Waals surface area (Å²) in [6, 6.07) is 10.7. The van der Waals surface area contributed by atoms with Crippen LogP contribution < -0.4 is 5.32 Å². The molecule has 5 nitrogen and oxygen atoms in total. The van der Waals surface area contributed by atoms with Crippen molar-refractivity contribution < 1.29 is 19.1 Å². The first-order chi connectivity index (χ1) is 14.8. The fourth-order valence-electron chi connectivity index (χ4n) is 3.24. The first kappa shape index (κ1) is 26.0. The van der Waals surface area contributed by atoms with Gasteiger partial charge in [-0.25, -0.2) is 9.59 Å². The van der Waals surface area contributed by atoms with Crippen LogP contribution in [0.15, 0.2) is 36.4 Å². The molecule has 0 saturated carbocycles. The number of ether oxygens (including phenoxy) is 2. The first-order valence-electron chi connectivity index (χ1n) is 10.5. The highest BCUT2D eigenvalue weighted by Gasteiger charge is 2.29. The summed E-state index contributed by atoms with van der Waals surface area (Å²) < 4.78 is 11.0. The van der Waals surface area contributed by atoms with Gasteiger partial charge in [0.25, 0.3) is 0 Å². The highest BCUT2D eigenvalue weighted by molar-refractivity contribution is 6.31. The van der Waals surface area contributed by atoms with Gasteiger partial charge in [-0.05, 0) is 82.9 Å². The Morgan fingerprint density at radius 3 is 1.78 bits per heavy atom. The average Bonchev–Trinajstić information content (AvgIpc) is 2.66. The molecule has 0 aliphatic rings. The van der Waals surface area contributed by atoms with Crippen LogP contribution in [0.1, 0.15) is 62.8 Å². The van der Waals surface area contributed by atoms with E-state index in [1.54, 1.807) is 27.7 Å². The van der Waals surface area contributed by atoms with Gasteiger partial charge in [-0.1, -0.05) is 47.5 Å². The predicted molar refractivity (Wildman–Crippen MR) is 129 cm³/mol. The van der Waals surface area contributed by atoms with Gasteiger partial charge >= 0.3 is 12.1 Å². The molecule has 2 atom stereocenters. The van der Waals surface area contributed by atoms with Crippen molar-refractivity contribution in [1.82, 2.24) is 5.32 Å². The second kappa shape index (κ2) is 10.6. The molecule has 1 N–H and O–H groups in total. The molecule has 0 aliphatic carbocycles. The van der Waals surface area contributed by atoms with Crippen LogP contribution in [0.5, 0.6) is 0 Å². The molecule has 2 rings (SSSR count). The molecule has 0 bridgehead atoms. The van der Waals surface area contributed by atoms with E-state index in [0.717, 1.165) is 22.3 Å². The van der Waals surface area contributed by atoms with Crippen LogP contribution in [-0.4, -0.2) is 29.8 Å². The molecule has 0 aliphatic heterocycles. The fourth-order valence-corrected chi connectivity index (χ4v) is 3.61. The van der Waals surface area contributed by atoms with Gasteiger partial charge < -0.3 is 14.8 Å². The van der Waals surface area contributed by atoms with Gasteiger partial charge in [0.05, 0.1) is 0 Å². The molecule has 0 saturated heterocycles. The van der Waals surface area contributed by atoms with E-state index in [-0.39, 0.29) is 5.92 Å². The van der Waals surface area contributed by atoms with Crippen molar-refractivity contribution in [2.24, 2.45) is 0 Å². The summed E-state index contributed by atoms with van der Waals surface area (Å²) in [6.07, 6.45) is -1.23. The SMILES string of the molecule is Cc1ccc(C(c2ccc(C)c(Cl)c2)[C@H](C)OC(=O)[C@H](C)NC(=O)OC(C)(C)C)cc1Cl. The van der Waals surface area contributed by atoms with Crippen LogP contribution >= 0.6 is 23.2 Å². The minimum absolute atomic E-state index is 0.302. The smallest absolute Gasteiger partial charge is 0.408 e. The summed E-state index contributed by atoms with van der Waals surface area (Å²) in [5.41, 5.74) is 3.04. The quantitative estimate of drug-likeness (QED) is 0.474. The number of carbonyl (C=O) groups is 2. The number of amides is 1. The molecule has 1 amide bonds. The highest BCUT2D eigenvalue weighted by Crippen LogP contribution is 2.34. The van der Waals surface area contributed by atoms with Crippen molar-refractivity contribution in [3.63, 3.8) is 0 Å². The van der Waals surface area contributed by atoms with Crippen LogP contribution in [0.25, 0.3) is 0 Å². The summed E-state index contributed by atoms with van der Waals surface area (Å²) in [5, 5.41) is 3.77. The second-order valence-corrected chi connectivity index (χ2v) is 9.82. The van der Waals surface area contributed by atoms with Crippen molar-refractivity contribution in [1.29, 1.82) is 0 Å². The number of alkyl carbamates (subject to hydrolysis) is 1. The molecular weight excluding hydrogens is 449 g/mol. The molecule has 174 valence electrons. The first-order valence-corrected chi connectivity index (χ1v) is 11.3. The highest BCUT2D eigenvalue weighted by atomic mass is 35.5. The lowest BCUT2D eigenvalue weighted by atomic mass is 9.86. The Labute approximate surface area is 200 Å². The minimum Gasteiger partial charge on any atom is -0.460 e. The zero-order valence-electron chi connectivity index (χ0n) is 19.6. The number of carbonyl (C=O) groups excluding carboxylic acids is 2. The number of nitrogens with one attached hydrogen (secondary N) is 1. The summed E-state index contributed by atoms with van der Waals surface area (Å²) in [7, 11) is 0. The molecule has 2 aromatic carbocycles. The van der Waals surface area contributed by atoms with E-state index >= 15 is 0 Å². The van der Waals surface area contributed by atoms with Gasteiger partial charge in [-0.2, -0.15) is 0 Å². The molecule has 0 heterocycles. The van der Waals surface area contributed by atoms with Crippen molar-refractivity contribution >= 4 is 35.3 Å². The van der Waals surface area contributed by atoms with E-state index in [0.29, 0.717) is 10.0 Å². The molecule has 0 radical (unpaired) electrons. The van der Waals surface area contributed by atoms with Gasteiger partial charge in [0.1, 0.15) is 17.7 Å². The van der Waals surface area contributed by atoms with E-state index in [2.05, 4.69) is 5.32 Å². The van der Waals surface area contributed by atoms with Crippen LogP contribution in [0.2, 0.25) is 10.0 Å². The Morgan fingerprint density at radius 1 is 0.906 bits per heavy atom. The lowest BCUT2D eigenvalue weighted by Gasteiger charge is -2.27. The van der Waals surface area contributed by atoms with Crippen LogP contribution in [0, 0.1) is 13.8 Å². The van der Waals surface area contributed by atoms with Crippen molar-refractivity contribution in [3.05, 3.63) is 68.7 Å². The summed E-state index contributed by atoms with van der Waals surface area (Å²) in [6.45, 7) is 12.5. The molecule has 2 aromatic rings. The number of esters is 1. The van der Waals surface area contributed by atoms with Crippen LogP contribution in [0.3, 0.4) is 0 Å². The van der Waals surface area contributed by atoms with E-state index in [1.165, 1.54) is 0 Å². The zero-order valence-corrected chi connectivity index (χ0v) is 21.1. The summed E-state index contributed by atoms with van der Waals surface area (Å²) >= 11 is 12.8. The predicted octanol–water partition coefficient (Wildman–Crippen LogP) is 6.59. The topological polar surface area (TPSA) is 64.6 Å². The lowest BCUT2D eigenvalue weighted by molar-refractivity contribution is -0.150. The maximum Gasteiger partial charge on any atom is 0.408 e. The maximum atomic E-state index is 12.7. The molecular formula is C25H31Cl2NO4. The Kier molecular flexibility index (Phi) is 8.60. The van der Waals surface area contributed by atoms with Gasteiger partial charge in [-0.3, -0.25) is 0 Å². The van der Waals surface area contributed by atoms with E-state index in [9.17, 15) is 9.59 Å². The maximum absolute atomic E-state index is 12.7. The van der Waals surface area contributed by atoms with Crippen molar-refractivity contribution in [3.8, 4) is 0 Å².